The molecule has 5 nitrogen and oxygen atoms in total. The topological polar surface area (TPSA) is 47.4 Å². The predicted octanol–water partition coefficient (Wildman–Crippen LogP) is 5.85. The van der Waals surface area contributed by atoms with E-state index in [9.17, 15) is 4.79 Å². The molecule has 1 aliphatic heterocycles. The summed E-state index contributed by atoms with van der Waals surface area (Å²) < 4.78 is 8.03. The molecule has 5 heteroatoms. The van der Waals surface area contributed by atoms with Gasteiger partial charge < -0.3 is 9.64 Å². The van der Waals surface area contributed by atoms with E-state index < -0.39 is 6.10 Å². The van der Waals surface area contributed by atoms with Crippen molar-refractivity contribution in [3.63, 3.8) is 0 Å². The van der Waals surface area contributed by atoms with Crippen molar-refractivity contribution >= 4 is 5.91 Å². The molecule has 0 aliphatic carbocycles. The number of para-hydroxylation sites is 1. The van der Waals surface area contributed by atoms with Crippen LogP contribution in [0.1, 0.15) is 25.8 Å². The van der Waals surface area contributed by atoms with Crippen LogP contribution < -0.4 is 4.74 Å². The number of aromatic nitrogens is 2. The largest absolute Gasteiger partial charge is 0.481 e. The Labute approximate surface area is 200 Å². The maximum atomic E-state index is 13.0. The number of amides is 1. The predicted molar refractivity (Wildman–Crippen MR) is 134 cm³/mol. The highest BCUT2D eigenvalue weighted by molar-refractivity contribution is 5.81. The molecule has 172 valence electrons. The van der Waals surface area contributed by atoms with Gasteiger partial charge >= 0.3 is 0 Å². The van der Waals surface area contributed by atoms with E-state index in [-0.39, 0.29) is 11.9 Å². The molecular formula is C29H29N3O2. The SMILES string of the molecule is C[C@H](Oc1ccccc1)C(=O)N1CCC(n2nc(-c3ccccc3)cc2-c2ccccc2)CC1. The Morgan fingerprint density at radius 3 is 2.03 bits per heavy atom. The Hall–Kier alpha value is -3.86. The average Bonchev–Trinajstić information content (AvgIpc) is 3.36. The smallest absolute Gasteiger partial charge is 0.263 e. The highest BCUT2D eigenvalue weighted by Gasteiger charge is 2.29. The highest BCUT2D eigenvalue weighted by Crippen LogP contribution is 2.32. The molecule has 1 atom stereocenters. The molecule has 0 unspecified atom stereocenters. The lowest BCUT2D eigenvalue weighted by atomic mass is 10.0. The number of rotatable bonds is 6. The van der Waals surface area contributed by atoms with Crippen LogP contribution in [0.2, 0.25) is 0 Å². The average molecular weight is 452 g/mol. The summed E-state index contributed by atoms with van der Waals surface area (Å²) in [6.07, 6.45) is 1.22. The lowest BCUT2D eigenvalue weighted by Gasteiger charge is -2.34. The highest BCUT2D eigenvalue weighted by atomic mass is 16.5. The summed E-state index contributed by atoms with van der Waals surface area (Å²) in [7, 11) is 0. The van der Waals surface area contributed by atoms with Gasteiger partial charge in [0.15, 0.2) is 6.10 Å². The van der Waals surface area contributed by atoms with Crippen LogP contribution >= 0.6 is 0 Å². The van der Waals surface area contributed by atoms with Gasteiger partial charge in [-0.15, -0.1) is 0 Å². The van der Waals surface area contributed by atoms with Gasteiger partial charge in [-0.05, 0) is 43.5 Å². The number of carbonyl (C=O) groups excluding carboxylic acids is 1. The number of hydrogen-bond donors (Lipinski definition) is 0. The molecule has 0 radical (unpaired) electrons. The van der Waals surface area contributed by atoms with Gasteiger partial charge in [0.1, 0.15) is 5.75 Å². The van der Waals surface area contributed by atoms with Crippen molar-refractivity contribution in [1.82, 2.24) is 14.7 Å². The number of benzene rings is 3. The summed E-state index contributed by atoms with van der Waals surface area (Å²) in [5, 5.41) is 5.03. The van der Waals surface area contributed by atoms with Gasteiger partial charge in [0.2, 0.25) is 0 Å². The minimum absolute atomic E-state index is 0.0380. The van der Waals surface area contributed by atoms with Gasteiger partial charge in [0.05, 0.1) is 17.4 Å². The molecule has 2 heterocycles. The number of carbonyl (C=O) groups is 1. The number of likely N-dealkylation sites (tertiary alicyclic amines) is 1. The van der Waals surface area contributed by atoms with Crippen molar-refractivity contribution in [2.75, 3.05) is 13.1 Å². The van der Waals surface area contributed by atoms with E-state index in [1.54, 1.807) is 0 Å². The van der Waals surface area contributed by atoms with Crippen LogP contribution in [-0.2, 0) is 4.79 Å². The van der Waals surface area contributed by atoms with E-state index in [2.05, 4.69) is 47.1 Å². The first-order valence-electron chi connectivity index (χ1n) is 11.9. The second kappa shape index (κ2) is 9.96. The van der Waals surface area contributed by atoms with Crippen LogP contribution in [0, 0.1) is 0 Å². The first-order valence-corrected chi connectivity index (χ1v) is 11.9. The van der Waals surface area contributed by atoms with E-state index in [0.717, 1.165) is 41.1 Å². The minimum Gasteiger partial charge on any atom is -0.481 e. The van der Waals surface area contributed by atoms with Crippen LogP contribution in [0.15, 0.2) is 97.1 Å². The van der Waals surface area contributed by atoms with Crippen molar-refractivity contribution in [2.45, 2.75) is 31.9 Å². The molecule has 1 saturated heterocycles. The monoisotopic (exact) mass is 451 g/mol. The Morgan fingerprint density at radius 2 is 1.41 bits per heavy atom. The Bertz CT molecular complexity index is 1210. The van der Waals surface area contributed by atoms with Crippen molar-refractivity contribution in [1.29, 1.82) is 0 Å². The number of hydrogen-bond acceptors (Lipinski definition) is 3. The zero-order valence-corrected chi connectivity index (χ0v) is 19.4. The zero-order valence-electron chi connectivity index (χ0n) is 19.4. The fourth-order valence-electron chi connectivity index (χ4n) is 4.59. The minimum atomic E-state index is -0.506. The standard InChI is InChI=1S/C29H29N3O2/c1-22(34-26-15-9-4-10-16-26)29(33)31-19-17-25(18-20-31)32-28(24-13-7-3-8-14-24)21-27(30-32)23-11-5-2-6-12-23/h2-16,21-22,25H,17-20H2,1H3/t22-/m0/s1. The van der Waals surface area contributed by atoms with Crippen molar-refractivity contribution < 1.29 is 9.53 Å². The van der Waals surface area contributed by atoms with Gasteiger partial charge in [0, 0.05) is 18.7 Å². The molecule has 1 amide bonds. The molecule has 5 rings (SSSR count). The number of ether oxygens (including phenoxy) is 1. The van der Waals surface area contributed by atoms with Crippen LogP contribution in [0.3, 0.4) is 0 Å². The van der Waals surface area contributed by atoms with Crippen LogP contribution in [0.25, 0.3) is 22.5 Å². The van der Waals surface area contributed by atoms with Crippen molar-refractivity contribution in [3.05, 3.63) is 97.1 Å². The van der Waals surface area contributed by atoms with Crippen LogP contribution in [0.4, 0.5) is 0 Å². The zero-order chi connectivity index (χ0) is 23.3. The fourth-order valence-corrected chi connectivity index (χ4v) is 4.59. The molecular weight excluding hydrogens is 422 g/mol. The number of nitrogens with zero attached hydrogens (tertiary/aromatic N) is 3. The van der Waals surface area contributed by atoms with Gasteiger partial charge in [-0.1, -0.05) is 78.9 Å². The molecule has 34 heavy (non-hydrogen) atoms. The third-order valence-corrected chi connectivity index (χ3v) is 6.40. The fraction of sp³-hybridized carbons (Fsp3) is 0.241. The second-order valence-electron chi connectivity index (χ2n) is 8.72. The van der Waals surface area contributed by atoms with Gasteiger partial charge in [-0.2, -0.15) is 5.10 Å². The lowest BCUT2D eigenvalue weighted by molar-refractivity contribution is -0.139. The summed E-state index contributed by atoms with van der Waals surface area (Å²) in [5.41, 5.74) is 4.35. The first kappa shape index (κ1) is 22.0. The summed E-state index contributed by atoms with van der Waals surface area (Å²) in [6.45, 7) is 3.22. The van der Waals surface area contributed by atoms with E-state index in [4.69, 9.17) is 9.84 Å². The maximum absolute atomic E-state index is 13.0. The van der Waals surface area contributed by atoms with E-state index in [1.165, 1.54) is 0 Å². The van der Waals surface area contributed by atoms with E-state index >= 15 is 0 Å². The van der Waals surface area contributed by atoms with Crippen LogP contribution in [-0.4, -0.2) is 39.8 Å². The van der Waals surface area contributed by atoms with Crippen molar-refractivity contribution in [3.8, 4) is 28.3 Å². The molecule has 0 saturated carbocycles. The summed E-state index contributed by atoms with van der Waals surface area (Å²) in [4.78, 5) is 14.9. The maximum Gasteiger partial charge on any atom is 0.263 e. The summed E-state index contributed by atoms with van der Waals surface area (Å²) in [5.74, 6) is 0.756. The third-order valence-electron chi connectivity index (χ3n) is 6.40. The molecule has 3 aromatic carbocycles. The molecule has 0 N–H and O–H groups in total. The van der Waals surface area contributed by atoms with Crippen molar-refractivity contribution in [2.24, 2.45) is 0 Å². The first-order chi connectivity index (χ1) is 16.7. The Morgan fingerprint density at radius 1 is 0.853 bits per heavy atom. The van der Waals surface area contributed by atoms with Gasteiger partial charge in [-0.25, -0.2) is 0 Å². The molecule has 0 bridgehead atoms. The van der Waals surface area contributed by atoms with E-state index in [1.807, 2.05) is 66.4 Å². The Kier molecular flexibility index (Phi) is 6.43. The second-order valence-corrected chi connectivity index (χ2v) is 8.72. The van der Waals surface area contributed by atoms with Crippen LogP contribution in [0.5, 0.6) is 5.75 Å². The van der Waals surface area contributed by atoms with Gasteiger partial charge in [-0.3, -0.25) is 9.48 Å². The molecule has 0 spiro atoms. The molecule has 1 fully saturated rings. The quantitative estimate of drug-likeness (QED) is 0.370. The number of piperidine rings is 1. The van der Waals surface area contributed by atoms with E-state index in [0.29, 0.717) is 13.1 Å². The summed E-state index contributed by atoms with van der Waals surface area (Å²) in [6, 6.07) is 32.6. The molecule has 1 aliphatic rings. The summed E-state index contributed by atoms with van der Waals surface area (Å²) >= 11 is 0. The third kappa shape index (κ3) is 4.74. The molecule has 1 aromatic heterocycles. The van der Waals surface area contributed by atoms with Gasteiger partial charge in [0.25, 0.3) is 5.91 Å². The lowest BCUT2D eigenvalue weighted by Crippen LogP contribution is -2.45. The molecule has 4 aromatic rings. The normalized spacial score (nSPS) is 15.1. The Balaban J connectivity index is 1.32.